The number of aromatic nitrogens is 3. The molecule has 1 aromatic heterocycles. The van der Waals surface area contributed by atoms with Crippen LogP contribution in [0.4, 0.5) is 0 Å². The van der Waals surface area contributed by atoms with Gasteiger partial charge < -0.3 is 5.73 Å². The molecule has 4 heteroatoms. The van der Waals surface area contributed by atoms with Gasteiger partial charge in [0.1, 0.15) is 0 Å². The second-order valence-electron chi connectivity index (χ2n) is 3.38. The third-order valence-corrected chi connectivity index (χ3v) is 2.15. The average molecular weight is 168 g/mol. The molecule has 0 spiro atoms. The van der Waals surface area contributed by atoms with Gasteiger partial charge in [-0.05, 0) is 12.8 Å². The number of nitrogens with zero attached hydrogens (tertiary/aromatic N) is 3. The second-order valence-corrected chi connectivity index (χ2v) is 3.38. The maximum absolute atomic E-state index is 5.42. The Bertz CT molecular complexity index is 241. The van der Waals surface area contributed by atoms with Crippen molar-refractivity contribution in [3.8, 4) is 0 Å². The highest BCUT2D eigenvalue weighted by molar-refractivity contribution is 4.91. The average Bonchev–Trinajstić information content (AvgIpc) is 2.50. The van der Waals surface area contributed by atoms with Crippen molar-refractivity contribution in [2.45, 2.75) is 33.4 Å². The van der Waals surface area contributed by atoms with E-state index in [-0.39, 0.29) is 0 Å². The molecule has 0 saturated heterocycles. The Hall–Kier alpha value is -0.900. The van der Waals surface area contributed by atoms with Crippen molar-refractivity contribution in [1.29, 1.82) is 0 Å². The fourth-order valence-corrected chi connectivity index (χ4v) is 0.911. The minimum absolute atomic E-state index is 0.387. The summed E-state index contributed by atoms with van der Waals surface area (Å²) in [5.74, 6) is 0.567. The standard InChI is InChI=1S/C8H16N4/c1-6(2)7(3)12-5-8(4-9)10-11-12/h5-7H,4,9H2,1-3H3. The Morgan fingerprint density at radius 1 is 1.50 bits per heavy atom. The van der Waals surface area contributed by atoms with Gasteiger partial charge in [-0.2, -0.15) is 0 Å². The Labute approximate surface area is 72.8 Å². The summed E-state index contributed by atoms with van der Waals surface area (Å²) in [5.41, 5.74) is 6.27. The SMILES string of the molecule is CC(C)C(C)n1cc(CN)nn1. The van der Waals surface area contributed by atoms with Gasteiger partial charge in [0.15, 0.2) is 0 Å². The molecule has 0 fully saturated rings. The first-order chi connectivity index (χ1) is 5.65. The predicted octanol–water partition coefficient (Wildman–Crippen LogP) is 0.954. The molecule has 1 atom stereocenters. The quantitative estimate of drug-likeness (QED) is 0.731. The maximum Gasteiger partial charge on any atom is 0.0962 e. The van der Waals surface area contributed by atoms with Crippen LogP contribution in [0.2, 0.25) is 0 Å². The van der Waals surface area contributed by atoms with Crippen LogP contribution in [0.25, 0.3) is 0 Å². The molecule has 0 radical (unpaired) electrons. The van der Waals surface area contributed by atoms with Gasteiger partial charge in [-0.15, -0.1) is 5.10 Å². The molecule has 1 rings (SSSR count). The van der Waals surface area contributed by atoms with Gasteiger partial charge in [0, 0.05) is 6.54 Å². The van der Waals surface area contributed by atoms with E-state index in [1.807, 2.05) is 10.9 Å². The van der Waals surface area contributed by atoms with Crippen LogP contribution in [-0.2, 0) is 6.54 Å². The van der Waals surface area contributed by atoms with Gasteiger partial charge in [-0.1, -0.05) is 19.1 Å². The summed E-state index contributed by atoms with van der Waals surface area (Å²) in [6.07, 6.45) is 1.91. The molecule has 68 valence electrons. The first-order valence-corrected chi connectivity index (χ1v) is 4.26. The molecule has 0 aliphatic rings. The molecular weight excluding hydrogens is 152 g/mol. The monoisotopic (exact) mass is 168 g/mol. The summed E-state index contributed by atoms with van der Waals surface area (Å²) in [7, 11) is 0. The lowest BCUT2D eigenvalue weighted by Crippen LogP contribution is -2.11. The molecule has 0 aromatic carbocycles. The molecule has 0 amide bonds. The third kappa shape index (κ3) is 1.82. The van der Waals surface area contributed by atoms with E-state index in [2.05, 4.69) is 31.1 Å². The van der Waals surface area contributed by atoms with Crippen LogP contribution in [-0.4, -0.2) is 15.0 Å². The lowest BCUT2D eigenvalue weighted by atomic mass is 10.1. The molecular formula is C8H16N4. The Kier molecular flexibility index (Phi) is 2.81. The van der Waals surface area contributed by atoms with Crippen LogP contribution in [0.3, 0.4) is 0 Å². The first-order valence-electron chi connectivity index (χ1n) is 4.26. The highest BCUT2D eigenvalue weighted by atomic mass is 15.4. The smallest absolute Gasteiger partial charge is 0.0962 e. The summed E-state index contributed by atoms with van der Waals surface area (Å²) >= 11 is 0. The minimum Gasteiger partial charge on any atom is -0.325 e. The third-order valence-electron chi connectivity index (χ3n) is 2.15. The zero-order valence-corrected chi connectivity index (χ0v) is 7.86. The molecule has 4 nitrogen and oxygen atoms in total. The minimum atomic E-state index is 0.387. The van der Waals surface area contributed by atoms with Crippen molar-refractivity contribution < 1.29 is 0 Å². The van der Waals surface area contributed by atoms with E-state index in [4.69, 9.17) is 5.73 Å². The normalized spacial score (nSPS) is 13.8. The summed E-state index contributed by atoms with van der Waals surface area (Å²) in [5, 5.41) is 7.92. The van der Waals surface area contributed by atoms with Gasteiger partial charge in [0.05, 0.1) is 17.9 Å². The number of nitrogens with two attached hydrogens (primary N) is 1. The van der Waals surface area contributed by atoms with Gasteiger partial charge in [-0.3, -0.25) is 0 Å². The Morgan fingerprint density at radius 2 is 2.17 bits per heavy atom. The zero-order chi connectivity index (χ0) is 9.14. The van der Waals surface area contributed by atoms with Crippen molar-refractivity contribution in [3.05, 3.63) is 11.9 Å². The van der Waals surface area contributed by atoms with Crippen molar-refractivity contribution >= 4 is 0 Å². The van der Waals surface area contributed by atoms with E-state index >= 15 is 0 Å². The Morgan fingerprint density at radius 3 is 2.58 bits per heavy atom. The van der Waals surface area contributed by atoms with Crippen molar-refractivity contribution in [1.82, 2.24) is 15.0 Å². The lowest BCUT2D eigenvalue weighted by molar-refractivity contribution is 0.368. The molecule has 0 aliphatic carbocycles. The van der Waals surface area contributed by atoms with Gasteiger partial charge in [0.25, 0.3) is 0 Å². The highest BCUT2D eigenvalue weighted by Crippen LogP contribution is 2.14. The molecule has 1 aromatic rings. The van der Waals surface area contributed by atoms with Crippen LogP contribution >= 0.6 is 0 Å². The van der Waals surface area contributed by atoms with Gasteiger partial charge >= 0.3 is 0 Å². The van der Waals surface area contributed by atoms with E-state index in [0.717, 1.165) is 5.69 Å². The van der Waals surface area contributed by atoms with E-state index < -0.39 is 0 Å². The van der Waals surface area contributed by atoms with E-state index in [0.29, 0.717) is 18.5 Å². The van der Waals surface area contributed by atoms with Crippen LogP contribution < -0.4 is 5.73 Å². The molecule has 1 unspecified atom stereocenters. The van der Waals surface area contributed by atoms with Crippen molar-refractivity contribution in [2.24, 2.45) is 11.7 Å². The summed E-state index contributed by atoms with van der Waals surface area (Å²) in [6.45, 7) is 6.91. The summed E-state index contributed by atoms with van der Waals surface area (Å²) in [4.78, 5) is 0. The summed E-state index contributed by atoms with van der Waals surface area (Å²) in [6, 6.07) is 0.387. The van der Waals surface area contributed by atoms with Crippen LogP contribution in [0.5, 0.6) is 0 Å². The molecule has 0 bridgehead atoms. The summed E-state index contributed by atoms with van der Waals surface area (Å²) < 4.78 is 1.87. The molecule has 2 N–H and O–H groups in total. The molecule has 0 saturated carbocycles. The largest absolute Gasteiger partial charge is 0.325 e. The molecule has 0 aliphatic heterocycles. The van der Waals surface area contributed by atoms with Gasteiger partial charge in [0.2, 0.25) is 0 Å². The fourth-order valence-electron chi connectivity index (χ4n) is 0.911. The highest BCUT2D eigenvalue weighted by Gasteiger charge is 2.10. The number of hydrogen-bond acceptors (Lipinski definition) is 3. The maximum atomic E-state index is 5.42. The van der Waals surface area contributed by atoms with E-state index in [1.165, 1.54) is 0 Å². The van der Waals surface area contributed by atoms with Gasteiger partial charge in [-0.25, -0.2) is 4.68 Å². The molecule has 12 heavy (non-hydrogen) atoms. The number of rotatable bonds is 3. The topological polar surface area (TPSA) is 56.7 Å². The number of hydrogen-bond donors (Lipinski definition) is 1. The van der Waals surface area contributed by atoms with Crippen molar-refractivity contribution in [3.63, 3.8) is 0 Å². The zero-order valence-electron chi connectivity index (χ0n) is 7.86. The van der Waals surface area contributed by atoms with E-state index in [1.54, 1.807) is 0 Å². The van der Waals surface area contributed by atoms with Crippen LogP contribution in [0, 0.1) is 5.92 Å². The Balaban J connectivity index is 2.74. The van der Waals surface area contributed by atoms with Crippen LogP contribution in [0.1, 0.15) is 32.5 Å². The second kappa shape index (κ2) is 3.67. The predicted molar refractivity (Wildman–Crippen MR) is 47.5 cm³/mol. The lowest BCUT2D eigenvalue weighted by Gasteiger charge is -2.14. The van der Waals surface area contributed by atoms with Crippen molar-refractivity contribution in [2.75, 3.05) is 0 Å². The fraction of sp³-hybridized carbons (Fsp3) is 0.750. The molecule has 1 heterocycles. The first kappa shape index (κ1) is 9.19. The van der Waals surface area contributed by atoms with E-state index in [9.17, 15) is 0 Å². The van der Waals surface area contributed by atoms with Crippen LogP contribution in [0.15, 0.2) is 6.20 Å².